The van der Waals surface area contributed by atoms with Crippen molar-refractivity contribution in [3.8, 4) is 11.3 Å². The lowest BCUT2D eigenvalue weighted by Gasteiger charge is -2.08. The summed E-state index contributed by atoms with van der Waals surface area (Å²) >= 11 is 3.44. The van der Waals surface area contributed by atoms with Gasteiger partial charge in [-0.2, -0.15) is 0 Å². The van der Waals surface area contributed by atoms with Crippen molar-refractivity contribution in [2.45, 2.75) is 6.54 Å². The van der Waals surface area contributed by atoms with E-state index in [1.807, 2.05) is 42.1 Å². The van der Waals surface area contributed by atoms with E-state index in [1.54, 1.807) is 12.1 Å². The van der Waals surface area contributed by atoms with Gasteiger partial charge in [0.25, 0.3) is 0 Å². The SMILES string of the molecule is Cn1c(-c2ccc(Br)cc2)cnc1NCc1ccc(F)cc1. The van der Waals surface area contributed by atoms with E-state index < -0.39 is 0 Å². The summed E-state index contributed by atoms with van der Waals surface area (Å²) in [5, 5.41) is 3.27. The van der Waals surface area contributed by atoms with Crippen molar-refractivity contribution in [3.63, 3.8) is 0 Å². The first-order valence-electron chi connectivity index (χ1n) is 6.89. The van der Waals surface area contributed by atoms with Gasteiger partial charge in [0.1, 0.15) is 5.82 Å². The number of halogens is 2. The van der Waals surface area contributed by atoms with E-state index in [0.29, 0.717) is 6.54 Å². The van der Waals surface area contributed by atoms with Crippen LogP contribution in [0.15, 0.2) is 59.2 Å². The Morgan fingerprint density at radius 3 is 2.45 bits per heavy atom. The van der Waals surface area contributed by atoms with Crippen molar-refractivity contribution in [2.24, 2.45) is 7.05 Å². The van der Waals surface area contributed by atoms with Gasteiger partial charge in [-0.05, 0) is 35.4 Å². The number of nitrogens with one attached hydrogen (secondary N) is 1. The molecule has 5 heteroatoms. The van der Waals surface area contributed by atoms with Crippen LogP contribution in [0.3, 0.4) is 0 Å². The monoisotopic (exact) mass is 359 g/mol. The van der Waals surface area contributed by atoms with Gasteiger partial charge >= 0.3 is 0 Å². The summed E-state index contributed by atoms with van der Waals surface area (Å²) in [4.78, 5) is 4.41. The average Bonchev–Trinajstić information content (AvgIpc) is 2.89. The summed E-state index contributed by atoms with van der Waals surface area (Å²) in [6, 6.07) is 14.6. The molecule has 0 unspecified atom stereocenters. The number of hydrogen-bond donors (Lipinski definition) is 1. The highest BCUT2D eigenvalue weighted by molar-refractivity contribution is 9.10. The fourth-order valence-corrected chi connectivity index (χ4v) is 2.51. The van der Waals surface area contributed by atoms with Gasteiger partial charge in [0.2, 0.25) is 5.95 Å². The maximum Gasteiger partial charge on any atom is 0.203 e. The number of hydrogen-bond acceptors (Lipinski definition) is 2. The largest absolute Gasteiger partial charge is 0.352 e. The fraction of sp³-hybridized carbons (Fsp3) is 0.118. The van der Waals surface area contributed by atoms with Gasteiger partial charge in [0, 0.05) is 18.1 Å². The Bertz CT molecular complexity index is 764. The maximum absolute atomic E-state index is 12.9. The van der Waals surface area contributed by atoms with Crippen LogP contribution in [-0.2, 0) is 13.6 Å². The smallest absolute Gasteiger partial charge is 0.203 e. The number of imidazole rings is 1. The molecule has 0 aliphatic carbocycles. The van der Waals surface area contributed by atoms with Crippen LogP contribution < -0.4 is 5.32 Å². The van der Waals surface area contributed by atoms with Gasteiger partial charge in [-0.3, -0.25) is 0 Å². The fourth-order valence-electron chi connectivity index (χ4n) is 2.25. The Morgan fingerprint density at radius 2 is 1.77 bits per heavy atom. The number of benzene rings is 2. The molecule has 3 rings (SSSR count). The molecule has 0 saturated carbocycles. The molecular weight excluding hydrogens is 345 g/mol. The molecule has 112 valence electrons. The van der Waals surface area contributed by atoms with Crippen LogP contribution in [0.2, 0.25) is 0 Å². The van der Waals surface area contributed by atoms with Crippen molar-refractivity contribution in [3.05, 3.63) is 70.6 Å². The Kier molecular flexibility index (Phi) is 4.24. The molecule has 0 fully saturated rings. The highest BCUT2D eigenvalue weighted by Gasteiger charge is 2.08. The van der Waals surface area contributed by atoms with E-state index in [0.717, 1.165) is 27.2 Å². The second kappa shape index (κ2) is 6.32. The van der Waals surface area contributed by atoms with E-state index in [-0.39, 0.29) is 5.82 Å². The Hall–Kier alpha value is -2.14. The summed E-state index contributed by atoms with van der Waals surface area (Å²) in [5.41, 5.74) is 3.15. The summed E-state index contributed by atoms with van der Waals surface area (Å²) in [6.45, 7) is 0.602. The van der Waals surface area contributed by atoms with Crippen molar-refractivity contribution in [1.82, 2.24) is 9.55 Å². The van der Waals surface area contributed by atoms with E-state index in [4.69, 9.17) is 0 Å². The highest BCUT2D eigenvalue weighted by atomic mass is 79.9. The van der Waals surface area contributed by atoms with Gasteiger partial charge in [-0.15, -0.1) is 0 Å². The second-order valence-corrected chi connectivity index (χ2v) is 5.93. The van der Waals surface area contributed by atoms with Crippen LogP contribution in [0, 0.1) is 5.82 Å². The van der Waals surface area contributed by atoms with Gasteiger partial charge in [0.05, 0.1) is 11.9 Å². The predicted octanol–water partition coefficient (Wildman–Crippen LogP) is 4.60. The Labute approximate surface area is 136 Å². The molecule has 1 aromatic heterocycles. The molecule has 0 atom stereocenters. The molecule has 1 heterocycles. The molecule has 0 amide bonds. The highest BCUT2D eigenvalue weighted by Crippen LogP contribution is 2.23. The van der Waals surface area contributed by atoms with Gasteiger partial charge in [-0.25, -0.2) is 9.37 Å². The van der Waals surface area contributed by atoms with Crippen molar-refractivity contribution >= 4 is 21.9 Å². The topological polar surface area (TPSA) is 29.9 Å². The molecule has 3 nitrogen and oxygen atoms in total. The Balaban J connectivity index is 1.75. The van der Waals surface area contributed by atoms with E-state index in [9.17, 15) is 4.39 Å². The number of nitrogens with zero attached hydrogens (tertiary/aromatic N) is 2. The maximum atomic E-state index is 12.9. The van der Waals surface area contributed by atoms with Crippen LogP contribution in [0.1, 0.15) is 5.56 Å². The summed E-state index contributed by atoms with van der Waals surface area (Å²) in [7, 11) is 1.97. The zero-order valence-corrected chi connectivity index (χ0v) is 13.6. The summed E-state index contributed by atoms with van der Waals surface area (Å²) < 4.78 is 15.9. The molecular formula is C17H15BrFN3. The first-order valence-corrected chi connectivity index (χ1v) is 7.69. The zero-order valence-electron chi connectivity index (χ0n) is 12.1. The number of anilines is 1. The normalized spacial score (nSPS) is 10.7. The molecule has 0 aliphatic heterocycles. The first-order chi connectivity index (χ1) is 10.6. The zero-order chi connectivity index (χ0) is 15.5. The minimum absolute atomic E-state index is 0.224. The van der Waals surface area contributed by atoms with Gasteiger partial charge < -0.3 is 9.88 Å². The number of rotatable bonds is 4. The third-order valence-electron chi connectivity index (χ3n) is 3.49. The van der Waals surface area contributed by atoms with E-state index in [1.165, 1.54) is 12.1 Å². The van der Waals surface area contributed by atoms with Crippen LogP contribution in [0.5, 0.6) is 0 Å². The Morgan fingerprint density at radius 1 is 1.09 bits per heavy atom. The standard InChI is InChI=1S/C17H15BrFN3/c1-22-16(13-4-6-14(18)7-5-13)11-21-17(22)20-10-12-2-8-15(19)9-3-12/h2-9,11H,10H2,1H3,(H,20,21). The molecule has 2 aromatic carbocycles. The van der Waals surface area contributed by atoms with Crippen LogP contribution >= 0.6 is 15.9 Å². The van der Waals surface area contributed by atoms with Crippen LogP contribution in [0.25, 0.3) is 11.3 Å². The second-order valence-electron chi connectivity index (χ2n) is 5.01. The molecule has 0 radical (unpaired) electrons. The van der Waals surface area contributed by atoms with Crippen LogP contribution in [-0.4, -0.2) is 9.55 Å². The van der Waals surface area contributed by atoms with Crippen molar-refractivity contribution < 1.29 is 4.39 Å². The van der Waals surface area contributed by atoms with Gasteiger partial charge in [0.15, 0.2) is 0 Å². The first kappa shape index (κ1) is 14.8. The lowest BCUT2D eigenvalue weighted by molar-refractivity contribution is 0.627. The third-order valence-corrected chi connectivity index (χ3v) is 4.02. The molecule has 0 saturated heterocycles. The van der Waals surface area contributed by atoms with Crippen molar-refractivity contribution in [2.75, 3.05) is 5.32 Å². The molecule has 0 bridgehead atoms. The summed E-state index contributed by atoms with van der Waals surface area (Å²) in [6.07, 6.45) is 1.84. The molecule has 3 aromatic rings. The lowest BCUT2D eigenvalue weighted by Crippen LogP contribution is -2.05. The third kappa shape index (κ3) is 3.20. The quantitative estimate of drug-likeness (QED) is 0.737. The summed E-state index contributed by atoms with van der Waals surface area (Å²) in [5.74, 6) is 0.556. The molecule has 1 N–H and O–H groups in total. The molecule has 0 spiro atoms. The predicted molar refractivity (Wildman–Crippen MR) is 90.1 cm³/mol. The lowest BCUT2D eigenvalue weighted by atomic mass is 10.2. The molecule has 0 aliphatic rings. The number of aromatic nitrogens is 2. The molecule has 22 heavy (non-hydrogen) atoms. The van der Waals surface area contributed by atoms with Gasteiger partial charge in [-0.1, -0.05) is 40.2 Å². The van der Waals surface area contributed by atoms with Crippen molar-refractivity contribution in [1.29, 1.82) is 0 Å². The van der Waals surface area contributed by atoms with E-state index >= 15 is 0 Å². The average molecular weight is 360 g/mol. The van der Waals surface area contributed by atoms with E-state index in [2.05, 4.69) is 26.2 Å². The minimum atomic E-state index is -0.224. The minimum Gasteiger partial charge on any atom is -0.352 e. The van der Waals surface area contributed by atoms with Crippen LogP contribution in [0.4, 0.5) is 10.3 Å².